The molecule has 1 saturated carbocycles. The maximum Gasteiger partial charge on any atom is 0.312 e. The van der Waals surface area contributed by atoms with Crippen molar-refractivity contribution in [2.24, 2.45) is 5.41 Å². The molecule has 2 rings (SSSR count). The van der Waals surface area contributed by atoms with E-state index in [4.69, 9.17) is 5.11 Å². The summed E-state index contributed by atoms with van der Waals surface area (Å²) in [5.74, 6) is -1.48. The van der Waals surface area contributed by atoms with Gasteiger partial charge >= 0.3 is 5.97 Å². The van der Waals surface area contributed by atoms with Crippen molar-refractivity contribution in [3.8, 4) is 0 Å². The van der Waals surface area contributed by atoms with Gasteiger partial charge in [-0.05, 0) is 30.5 Å². The van der Waals surface area contributed by atoms with E-state index in [1.807, 2.05) is 0 Å². The minimum Gasteiger partial charge on any atom is -0.481 e. The lowest BCUT2D eigenvalue weighted by Crippen LogP contribution is -2.23. The predicted molar refractivity (Wildman–Crippen MR) is 50.7 cm³/mol. The van der Waals surface area contributed by atoms with Crippen LogP contribution in [0.15, 0.2) is 24.3 Å². The molecule has 2 N–H and O–H groups in total. The second-order valence-corrected chi connectivity index (χ2v) is 3.92. The third kappa shape index (κ3) is 1.61. The Morgan fingerprint density at radius 3 is 2.60 bits per heavy atom. The van der Waals surface area contributed by atoms with Gasteiger partial charge in [-0.3, -0.25) is 4.79 Å². The Morgan fingerprint density at radius 1 is 1.47 bits per heavy atom. The second-order valence-electron chi connectivity index (χ2n) is 3.92. The standard InChI is InChI=1S/C11H11FO3/c12-8-3-1-2-7(6-8)9(13)11(4-5-11)10(14)15/h1-3,6,9,13H,4-5H2,(H,14,15). The van der Waals surface area contributed by atoms with E-state index in [-0.39, 0.29) is 0 Å². The Labute approximate surface area is 86.2 Å². The van der Waals surface area contributed by atoms with Crippen molar-refractivity contribution in [2.45, 2.75) is 18.9 Å². The number of aliphatic hydroxyl groups excluding tert-OH is 1. The maximum atomic E-state index is 12.9. The van der Waals surface area contributed by atoms with Gasteiger partial charge in [-0.1, -0.05) is 12.1 Å². The van der Waals surface area contributed by atoms with Crippen LogP contribution in [0.5, 0.6) is 0 Å². The molecule has 0 saturated heterocycles. The first-order valence-electron chi connectivity index (χ1n) is 4.73. The molecule has 0 aromatic heterocycles. The van der Waals surface area contributed by atoms with Crippen LogP contribution in [0.25, 0.3) is 0 Å². The lowest BCUT2D eigenvalue weighted by atomic mass is 9.93. The monoisotopic (exact) mass is 210 g/mol. The van der Waals surface area contributed by atoms with Crippen molar-refractivity contribution < 1.29 is 19.4 Å². The summed E-state index contributed by atoms with van der Waals surface area (Å²) in [5.41, 5.74) is -0.761. The molecule has 3 nitrogen and oxygen atoms in total. The normalized spacial score (nSPS) is 19.6. The van der Waals surface area contributed by atoms with Crippen LogP contribution in [-0.2, 0) is 4.79 Å². The summed E-state index contributed by atoms with van der Waals surface area (Å²) in [5, 5.41) is 18.8. The van der Waals surface area contributed by atoms with E-state index in [1.165, 1.54) is 24.3 Å². The third-order valence-electron chi connectivity index (χ3n) is 2.90. The van der Waals surface area contributed by atoms with E-state index < -0.39 is 23.3 Å². The Hall–Kier alpha value is -1.42. The van der Waals surface area contributed by atoms with Crippen molar-refractivity contribution in [1.82, 2.24) is 0 Å². The molecule has 1 fully saturated rings. The van der Waals surface area contributed by atoms with Crippen molar-refractivity contribution >= 4 is 5.97 Å². The predicted octanol–water partition coefficient (Wildman–Crippen LogP) is 1.72. The molecule has 0 bridgehead atoms. The number of carbonyl (C=O) groups is 1. The summed E-state index contributed by atoms with van der Waals surface area (Å²) in [6.07, 6.45) is -0.231. The van der Waals surface area contributed by atoms with Crippen LogP contribution in [-0.4, -0.2) is 16.2 Å². The van der Waals surface area contributed by atoms with Gasteiger partial charge in [0.2, 0.25) is 0 Å². The first-order valence-corrected chi connectivity index (χ1v) is 4.73. The number of carboxylic acid groups (broad SMARTS) is 1. The SMILES string of the molecule is O=C(O)C1(C(O)c2cccc(F)c2)CC1. The molecule has 0 heterocycles. The highest BCUT2D eigenvalue weighted by Crippen LogP contribution is 2.55. The molecular weight excluding hydrogens is 199 g/mol. The van der Waals surface area contributed by atoms with Gasteiger partial charge in [-0.15, -0.1) is 0 Å². The largest absolute Gasteiger partial charge is 0.481 e. The number of aliphatic carboxylic acids is 1. The molecular formula is C11H11FO3. The van der Waals surface area contributed by atoms with E-state index in [2.05, 4.69) is 0 Å². The number of aliphatic hydroxyl groups is 1. The van der Waals surface area contributed by atoms with E-state index in [0.717, 1.165) is 0 Å². The molecule has 0 amide bonds. The van der Waals surface area contributed by atoms with Crippen LogP contribution in [0.2, 0.25) is 0 Å². The van der Waals surface area contributed by atoms with Gasteiger partial charge in [-0.2, -0.15) is 0 Å². The van der Waals surface area contributed by atoms with Gasteiger partial charge in [0, 0.05) is 0 Å². The number of hydrogen-bond donors (Lipinski definition) is 2. The smallest absolute Gasteiger partial charge is 0.312 e. The zero-order chi connectivity index (χ0) is 11.1. The fourth-order valence-corrected chi connectivity index (χ4v) is 1.73. The van der Waals surface area contributed by atoms with E-state index >= 15 is 0 Å². The van der Waals surface area contributed by atoms with Crippen molar-refractivity contribution in [2.75, 3.05) is 0 Å². The summed E-state index contributed by atoms with van der Waals surface area (Å²) >= 11 is 0. The highest BCUT2D eigenvalue weighted by atomic mass is 19.1. The van der Waals surface area contributed by atoms with Gasteiger partial charge in [0.05, 0.1) is 11.5 Å². The third-order valence-corrected chi connectivity index (χ3v) is 2.90. The number of rotatable bonds is 3. The zero-order valence-electron chi connectivity index (χ0n) is 7.98. The van der Waals surface area contributed by atoms with Crippen LogP contribution in [0.3, 0.4) is 0 Å². The number of halogens is 1. The van der Waals surface area contributed by atoms with Crippen LogP contribution in [0.1, 0.15) is 24.5 Å². The Kier molecular flexibility index (Phi) is 2.23. The minimum atomic E-state index is -1.12. The lowest BCUT2D eigenvalue weighted by molar-refractivity contribution is -0.148. The van der Waals surface area contributed by atoms with Crippen LogP contribution >= 0.6 is 0 Å². The summed E-state index contributed by atoms with van der Waals surface area (Å²) in [7, 11) is 0. The van der Waals surface area contributed by atoms with Crippen molar-refractivity contribution in [3.05, 3.63) is 35.6 Å². The van der Waals surface area contributed by atoms with Crippen LogP contribution in [0, 0.1) is 11.2 Å². The first kappa shape index (κ1) is 10.1. The van der Waals surface area contributed by atoms with E-state index in [1.54, 1.807) is 0 Å². The Balaban J connectivity index is 2.29. The van der Waals surface area contributed by atoms with Gasteiger partial charge in [0.1, 0.15) is 5.82 Å². The van der Waals surface area contributed by atoms with Crippen molar-refractivity contribution in [3.63, 3.8) is 0 Å². The first-order chi connectivity index (χ1) is 7.06. The number of carboxylic acids is 1. The molecule has 0 aliphatic heterocycles. The molecule has 4 heteroatoms. The van der Waals surface area contributed by atoms with Gasteiger partial charge in [0.25, 0.3) is 0 Å². The Morgan fingerprint density at radius 2 is 2.13 bits per heavy atom. The van der Waals surface area contributed by atoms with Crippen LogP contribution in [0.4, 0.5) is 4.39 Å². The molecule has 0 radical (unpaired) electrons. The molecule has 1 aromatic carbocycles. The van der Waals surface area contributed by atoms with Gasteiger partial charge < -0.3 is 10.2 Å². The van der Waals surface area contributed by atoms with Crippen molar-refractivity contribution in [1.29, 1.82) is 0 Å². The van der Waals surface area contributed by atoms with E-state index in [9.17, 15) is 14.3 Å². The summed E-state index contributed by atoms with van der Waals surface area (Å²) in [4.78, 5) is 10.9. The lowest BCUT2D eigenvalue weighted by Gasteiger charge is -2.18. The Bertz CT molecular complexity index is 399. The fraction of sp³-hybridized carbons (Fsp3) is 0.364. The molecule has 80 valence electrons. The highest BCUT2D eigenvalue weighted by Gasteiger charge is 2.56. The minimum absolute atomic E-state index is 0.329. The quantitative estimate of drug-likeness (QED) is 0.798. The molecule has 1 aliphatic carbocycles. The molecule has 1 aromatic rings. The van der Waals surface area contributed by atoms with E-state index in [0.29, 0.717) is 18.4 Å². The molecule has 1 atom stereocenters. The molecule has 15 heavy (non-hydrogen) atoms. The van der Waals surface area contributed by atoms with Gasteiger partial charge in [0.15, 0.2) is 0 Å². The summed E-state index contributed by atoms with van der Waals surface area (Å²) < 4.78 is 12.9. The molecule has 0 spiro atoms. The van der Waals surface area contributed by atoms with Crippen LogP contribution < -0.4 is 0 Å². The average Bonchev–Trinajstić information content (AvgIpc) is 2.97. The fourth-order valence-electron chi connectivity index (χ4n) is 1.73. The number of hydrogen-bond acceptors (Lipinski definition) is 2. The number of benzene rings is 1. The summed E-state index contributed by atoms with van der Waals surface area (Å²) in [6, 6.07) is 5.44. The average molecular weight is 210 g/mol. The molecule has 1 aliphatic rings. The van der Waals surface area contributed by atoms with Gasteiger partial charge in [-0.25, -0.2) is 4.39 Å². The summed E-state index contributed by atoms with van der Waals surface area (Å²) in [6.45, 7) is 0. The maximum absolute atomic E-state index is 12.9. The zero-order valence-corrected chi connectivity index (χ0v) is 7.98. The second kappa shape index (κ2) is 3.31. The molecule has 1 unspecified atom stereocenters. The topological polar surface area (TPSA) is 57.5 Å². The highest BCUT2D eigenvalue weighted by molar-refractivity contribution is 5.79.